The summed E-state index contributed by atoms with van der Waals surface area (Å²) >= 11 is 6.41. The van der Waals surface area contributed by atoms with Gasteiger partial charge < -0.3 is 11.1 Å². The number of thiocarbonyl (C=S) groups is 1. The number of nitrogens with one attached hydrogen (secondary N) is 1. The number of nitrogens with zero attached hydrogens (tertiary/aromatic N) is 3. The SMILES string of the molecule is Cc1csc(CNc2cnc(C(N)=S)cn2)n1. The van der Waals surface area contributed by atoms with Crippen molar-refractivity contribution in [2.75, 3.05) is 5.32 Å². The Hall–Kier alpha value is -1.60. The van der Waals surface area contributed by atoms with Gasteiger partial charge in [-0.1, -0.05) is 12.2 Å². The van der Waals surface area contributed by atoms with Gasteiger partial charge in [-0.05, 0) is 6.92 Å². The topological polar surface area (TPSA) is 76.7 Å². The number of anilines is 1. The molecule has 0 aliphatic heterocycles. The van der Waals surface area contributed by atoms with E-state index in [1.807, 2.05) is 12.3 Å². The van der Waals surface area contributed by atoms with Gasteiger partial charge in [-0.15, -0.1) is 11.3 Å². The molecule has 0 unspecified atom stereocenters. The van der Waals surface area contributed by atoms with E-state index in [1.165, 1.54) is 0 Å². The molecule has 2 aromatic heterocycles. The molecule has 0 radical (unpaired) electrons. The average molecular weight is 265 g/mol. The molecule has 0 aromatic carbocycles. The quantitative estimate of drug-likeness (QED) is 0.816. The molecule has 2 aromatic rings. The van der Waals surface area contributed by atoms with Gasteiger partial charge in [0, 0.05) is 11.1 Å². The third-order valence-electron chi connectivity index (χ3n) is 1.99. The lowest BCUT2D eigenvalue weighted by Crippen LogP contribution is -2.12. The van der Waals surface area contributed by atoms with Gasteiger partial charge in [-0.3, -0.25) is 0 Å². The van der Waals surface area contributed by atoms with E-state index in [4.69, 9.17) is 18.0 Å². The monoisotopic (exact) mass is 265 g/mol. The van der Waals surface area contributed by atoms with Crippen LogP contribution in [-0.4, -0.2) is 19.9 Å². The van der Waals surface area contributed by atoms with Crippen LogP contribution in [0, 0.1) is 6.92 Å². The van der Waals surface area contributed by atoms with E-state index in [-0.39, 0.29) is 4.99 Å². The van der Waals surface area contributed by atoms with Crippen molar-refractivity contribution in [1.82, 2.24) is 15.0 Å². The van der Waals surface area contributed by atoms with Crippen LogP contribution >= 0.6 is 23.6 Å². The Morgan fingerprint density at radius 3 is 2.82 bits per heavy atom. The average Bonchev–Trinajstić information content (AvgIpc) is 2.73. The van der Waals surface area contributed by atoms with Crippen molar-refractivity contribution >= 4 is 34.4 Å². The van der Waals surface area contributed by atoms with Gasteiger partial charge in [-0.2, -0.15) is 0 Å². The van der Waals surface area contributed by atoms with Crippen molar-refractivity contribution < 1.29 is 0 Å². The van der Waals surface area contributed by atoms with Crippen molar-refractivity contribution in [2.45, 2.75) is 13.5 Å². The van der Waals surface area contributed by atoms with Gasteiger partial charge >= 0.3 is 0 Å². The maximum atomic E-state index is 5.43. The van der Waals surface area contributed by atoms with Crippen molar-refractivity contribution in [2.24, 2.45) is 5.73 Å². The van der Waals surface area contributed by atoms with Gasteiger partial charge in [0.2, 0.25) is 0 Å². The minimum Gasteiger partial charge on any atom is -0.388 e. The van der Waals surface area contributed by atoms with Crippen LogP contribution in [0.5, 0.6) is 0 Å². The predicted molar refractivity (Wildman–Crippen MR) is 72.1 cm³/mol. The molecule has 0 saturated carbocycles. The summed E-state index contributed by atoms with van der Waals surface area (Å²) in [7, 11) is 0. The summed E-state index contributed by atoms with van der Waals surface area (Å²) in [5.41, 5.74) is 6.98. The molecule has 2 rings (SSSR count). The first-order valence-electron chi connectivity index (χ1n) is 4.92. The van der Waals surface area contributed by atoms with Gasteiger partial charge in [0.25, 0.3) is 0 Å². The second-order valence-electron chi connectivity index (χ2n) is 3.39. The summed E-state index contributed by atoms with van der Waals surface area (Å²) in [4.78, 5) is 12.8. The van der Waals surface area contributed by atoms with Crippen molar-refractivity contribution in [3.8, 4) is 0 Å². The molecular weight excluding hydrogens is 254 g/mol. The van der Waals surface area contributed by atoms with Crippen LogP contribution < -0.4 is 11.1 Å². The molecule has 5 nitrogen and oxygen atoms in total. The number of aromatic nitrogens is 3. The van der Waals surface area contributed by atoms with Crippen molar-refractivity contribution in [3.05, 3.63) is 34.2 Å². The molecule has 7 heteroatoms. The van der Waals surface area contributed by atoms with Gasteiger partial charge in [-0.25, -0.2) is 15.0 Å². The first kappa shape index (κ1) is 11.9. The fraction of sp³-hybridized carbons (Fsp3) is 0.200. The van der Waals surface area contributed by atoms with Crippen LogP contribution in [0.3, 0.4) is 0 Å². The second kappa shape index (κ2) is 5.15. The standard InChI is InChI=1S/C10H11N5S2/c1-6-5-17-9(15-6)4-14-8-3-12-7(2-13-8)10(11)16/h2-3,5H,4H2,1H3,(H2,11,16)(H,13,14). The highest BCUT2D eigenvalue weighted by molar-refractivity contribution is 7.80. The molecule has 0 aliphatic carbocycles. The number of rotatable bonds is 4. The summed E-state index contributed by atoms with van der Waals surface area (Å²) in [5, 5.41) is 6.16. The van der Waals surface area contributed by atoms with E-state index in [9.17, 15) is 0 Å². The van der Waals surface area contributed by atoms with Gasteiger partial charge in [0.05, 0.1) is 18.9 Å². The zero-order valence-corrected chi connectivity index (χ0v) is 10.8. The number of hydrogen-bond donors (Lipinski definition) is 2. The summed E-state index contributed by atoms with van der Waals surface area (Å²) in [6, 6.07) is 0. The van der Waals surface area contributed by atoms with Crippen LogP contribution in [0.2, 0.25) is 0 Å². The number of thiazole rings is 1. The van der Waals surface area contributed by atoms with E-state index < -0.39 is 0 Å². The molecule has 3 N–H and O–H groups in total. The van der Waals surface area contributed by atoms with E-state index in [0.717, 1.165) is 10.7 Å². The summed E-state index contributed by atoms with van der Waals surface area (Å²) in [6.45, 7) is 2.61. The Bertz CT molecular complexity index is 520. The highest BCUT2D eigenvalue weighted by Gasteiger charge is 2.01. The minimum absolute atomic E-state index is 0.250. The van der Waals surface area contributed by atoms with E-state index in [1.54, 1.807) is 23.7 Å². The number of aryl methyl sites for hydroxylation is 1. The zero-order valence-electron chi connectivity index (χ0n) is 9.17. The first-order valence-corrected chi connectivity index (χ1v) is 6.20. The molecular formula is C10H11N5S2. The normalized spacial score (nSPS) is 10.2. The highest BCUT2D eigenvalue weighted by atomic mass is 32.1. The second-order valence-corrected chi connectivity index (χ2v) is 4.77. The van der Waals surface area contributed by atoms with E-state index in [2.05, 4.69) is 20.3 Å². The molecule has 0 spiro atoms. The van der Waals surface area contributed by atoms with Crippen LogP contribution in [0.4, 0.5) is 5.82 Å². The van der Waals surface area contributed by atoms with E-state index in [0.29, 0.717) is 18.1 Å². The lowest BCUT2D eigenvalue weighted by atomic mass is 10.4. The number of nitrogens with two attached hydrogens (primary N) is 1. The zero-order chi connectivity index (χ0) is 12.3. The fourth-order valence-corrected chi connectivity index (χ4v) is 2.01. The molecule has 0 amide bonds. The molecule has 0 bridgehead atoms. The molecule has 0 saturated heterocycles. The third kappa shape index (κ3) is 3.18. The molecule has 0 aliphatic rings. The van der Waals surface area contributed by atoms with Gasteiger partial charge in [0.15, 0.2) is 0 Å². The Morgan fingerprint density at radius 2 is 2.29 bits per heavy atom. The van der Waals surface area contributed by atoms with Crippen molar-refractivity contribution in [1.29, 1.82) is 0 Å². The fourth-order valence-electron chi connectivity index (χ4n) is 1.20. The third-order valence-corrected chi connectivity index (χ3v) is 3.17. The first-order chi connectivity index (χ1) is 8.15. The minimum atomic E-state index is 0.250. The molecule has 17 heavy (non-hydrogen) atoms. The van der Waals surface area contributed by atoms with Gasteiger partial charge in [0.1, 0.15) is 21.5 Å². The smallest absolute Gasteiger partial charge is 0.144 e. The van der Waals surface area contributed by atoms with Crippen molar-refractivity contribution in [3.63, 3.8) is 0 Å². The molecule has 2 heterocycles. The van der Waals surface area contributed by atoms with Crippen LogP contribution in [-0.2, 0) is 6.54 Å². The lowest BCUT2D eigenvalue weighted by molar-refractivity contribution is 1.04. The Balaban J connectivity index is 1.97. The maximum absolute atomic E-state index is 5.43. The molecule has 0 fully saturated rings. The summed E-state index contributed by atoms with van der Waals surface area (Å²) in [5.74, 6) is 0.679. The Labute approximate surface area is 108 Å². The van der Waals surface area contributed by atoms with Crippen LogP contribution in [0.1, 0.15) is 16.4 Å². The molecule has 0 atom stereocenters. The number of hydrogen-bond acceptors (Lipinski definition) is 6. The predicted octanol–water partition coefficient (Wildman–Crippen LogP) is 1.49. The van der Waals surface area contributed by atoms with E-state index >= 15 is 0 Å². The highest BCUT2D eigenvalue weighted by Crippen LogP contribution is 2.10. The van der Waals surface area contributed by atoms with Crippen LogP contribution in [0.15, 0.2) is 17.8 Å². The summed E-state index contributed by atoms with van der Waals surface area (Å²) < 4.78 is 0. The summed E-state index contributed by atoms with van der Waals surface area (Å²) in [6.07, 6.45) is 3.16. The lowest BCUT2D eigenvalue weighted by Gasteiger charge is -2.03. The van der Waals surface area contributed by atoms with Crippen LogP contribution in [0.25, 0.3) is 0 Å². The maximum Gasteiger partial charge on any atom is 0.144 e. The Morgan fingerprint density at radius 1 is 1.47 bits per heavy atom. The Kier molecular flexibility index (Phi) is 3.60. The molecule has 88 valence electrons. The largest absolute Gasteiger partial charge is 0.388 e.